The Kier molecular flexibility index (Phi) is 4.27. The van der Waals surface area contributed by atoms with E-state index >= 15 is 0 Å². The van der Waals surface area contributed by atoms with Gasteiger partial charge in [-0.25, -0.2) is 8.42 Å². The Balaban J connectivity index is 1.81. The van der Waals surface area contributed by atoms with E-state index in [9.17, 15) is 13.2 Å². The molecule has 2 aliphatic heterocycles. The highest BCUT2D eigenvalue weighted by molar-refractivity contribution is 7.91. The summed E-state index contributed by atoms with van der Waals surface area (Å²) >= 11 is 0. The monoisotopic (exact) mass is 274 g/mol. The molecule has 0 aliphatic carbocycles. The van der Waals surface area contributed by atoms with Gasteiger partial charge in [-0.2, -0.15) is 0 Å². The van der Waals surface area contributed by atoms with Gasteiger partial charge in [0.2, 0.25) is 5.91 Å². The lowest BCUT2D eigenvalue weighted by Gasteiger charge is -2.30. The SMILES string of the molecule is CC1CCCC(C(=O)NC2CCS(=O)(=O)CC2)N1. The largest absolute Gasteiger partial charge is 0.352 e. The van der Waals surface area contributed by atoms with Gasteiger partial charge < -0.3 is 10.6 Å². The van der Waals surface area contributed by atoms with Crippen molar-refractivity contribution in [3.63, 3.8) is 0 Å². The Bertz CT molecular complexity index is 394. The van der Waals surface area contributed by atoms with Gasteiger partial charge in [0.15, 0.2) is 0 Å². The standard InChI is InChI=1S/C12H22N2O3S/c1-9-3-2-4-11(13-9)12(15)14-10-5-7-18(16,17)8-6-10/h9-11,13H,2-8H2,1H3,(H,14,15). The lowest BCUT2D eigenvalue weighted by molar-refractivity contribution is -0.124. The van der Waals surface area contributed by atoms with Crippen LogP contribution in [0.25, 0.3) is 0 Å². The Morgan fingerprint density at radius 3 is 2.44 bits per heavy atom. The van der Waals surface area contributed by atoms with Gasteiger partial charge in [0, 0.05) is 12.1 Å². The van der Waals surface area contributed by atoms with Gasteiger partial charge in [-0.1, -0.05) is 0 Å². The third-order valence-electron chi connectivity index (χ3n) is 3.83. The van der Waals surface area contributed by atoms with Crippen LogP contribution in [0, 0.1) is 0 Å². The summed E-state index contributed by atoms with van der Waals surface area (Å²) in [5.41, 5.74) is 0. The van der Waals surface area contributed by atoms with Crippen LogP contribution in [0.2, 0.25) is 0 Å². The van der Waals surface area contributed by atoms with Gasteiger partial charge in [-0.15, -0.1) is 0 Å². The molecule has 2 heterocycles. The molecule has 2 rings (SSSR count). The molecule has 0 saturated carbocycles. The van der Waals surface area contributed by atoms with Crippen LogP contribution in [0.3, 0.4) is 0 Å². The van der Waals surface area contributed by atoms with Crippen LogP contribution in [-0.2, 0) is 14.6 Å². The zero-order chi connectivity index (χ0) is 13.2. The highest BCUT2D eigenvalue weighted by Gasteiger charge is 2.28. The Morgan fingerprint density at radius 1 is 1.17 bits per heavy atom. The molecule has 104 valence electrons. The predicted molar refractivity (Wildman–Crippen MR) is 70.1 cm³/mol. The second-order valence-corrected chi connectivity index (χ2v) is 7.79. The van der Waals surface area contributed by atoms with Crippen LogP contribution in [0.4, 0.5) is 0 Å². The van der Waals surface area contributed by atoms with Gasteiger partial charge in [-0.3, -0.25) is 4.79 Å². The van der Waals surface area contributed by atoms with Gasteiger partial charge in [0.25, 0.3) is 0 Å². The van der Waals surface area contributed by atoms with Crippen LogP contribution < -0.4 is 10.6 Å². The van der Waals surface area contributed by atoms with Gasteiger partial charge in [-0.05, 0) is 39.0 Å². The van der Waals surface area contributed by atoms with E-state index in [1.807, 2.05) is 0 Å². The lowest BCUT2D eigenvalue weighted by atomic mass is 9.98. The summed E-state index contributed by atoms with van der Waals surface area (Å²) in [6, 6.07) is 0.313. The average Bonchev–Trinajstić information content (AvgIpc) is 2.32. The number of hydrogen-bond acceptors (Lipinski definition) is 4. The number of nitrogens with one attached hydrogen (secondary N) is 2. The summed E-state index contributed by atoms with van der Waals surface area (Å²) in [5, 5.41) is 6.27. The van der Waals surface area contributed by atoms with Crippen molar-refractivity contribution < 1.29 is 13.2 Å². The molecule has 0 radical (unpaired) electrons. The van der Waals surface area contributed by atoms with Crippen molar-refractivity contribution in [2.75, 3.05) is 11.5 Å². The molecule has 2 saturated heterocycles. The van der Waals surface area contributed by atoms with Crippen LogP contribution in [0.1, 0.15) is 39.0 Å². The van der Waals surface area contributed by atoms with Crippen LogP contribution in [-0.4, -0.2) is 44.0 Å². The number of rotatable bonds is 2. The smallest absolute Gasteiger partial charge is 0.237 e. The van der Waals surface area contributed by atoms with E-state index in [4.69, 9.17) is 0 Å². The summed E-state index contributed by atoms with van der Waals surface area (Å²) in [5.74, 6) is 0.435. The quantitative estimate of drug-likeness (QED) is 0.755. The molecular formula is C12H22N2O3S. The molecule has 2 unspecified atom stereocenters. The minimum Gasteiger partial charge on any atom is -0.352 e. The second kappa shape index (κ2) is 5.57. The lowest BCUT2D eigenvalue weighted by Crippen LogP contribution is -2.53. The number of amides is 1. The van der Waals surface area contributed by atoms with Crippen LogP contribution in [0.5, 0.6) is 0 Å². The molecule has 0 bridgehead atoms. The average molecular weight is 274 g/mol. The van der Waals surface area contributed by atoms with Crippen molar-refractivity contribution in [3.05, 3.63) is 0 Å². The molecule has 0 aromatic rings. The molecule has 0 aromatic carbocycles. The van der Waals surface area contributed by atoms with Crippen molar-refractivity contribution in [2.24, 2.45) is 0 Å². The molecule has 2 aliphatic rings. The van der Waals surface area contributed by atoms with Gasteiger partial charge in [0.1, 0.15) is 9.84 Å². The van der Waals surface area contributed by atoms with E-state index in [1.165, 1.54) is 0 Å². The first-order valence-corrected chi connectivity index (χ1v) is 8.55. The molecule has 2 atom stereocenters. The molecule has 18 heavy (non-hydrogen) atoms. The normalized spacial score (nSPS) is 32.9. The summed E-state index contributed by atoms with van der Waals surface area (Å²) in [6.45, 7) is 2.09. The molecule has 0 aromatic heterocycles. The van der Waals surface area contributed by atoms with E-state index in [0.29, 0.717) is 18.9 Å². The van der Waals surface area contributed by atoms with Crippen molar-refractivity contribution in [2.45, 2.75) is 57.2 Å². The van der Waals surface area contributed by atoms with E-state index in [0.717, 1.165) is 19.3 Å². The highest BCUT2D eigenvalue weighted by atomic mass is 32.2. The van der Waals surface area contributed by atoms with E-state index in [2.05, 4.69) is 17.6 Å². The molecule has 1 amide bonds. The number of piperidine rings is 1. The maximum Gasteiger partial charge on any atom is 0.237 e. The molecule has 2 fully saturated rings. The highest BCUT2D eigenvalue weighted by Crippen LogP contribution is 2.15. The van der Waals surface area contributed by atoms with E-state index < -0.39 is 9.84 Å². The fourth-order valence-electron chi connectivity index (χ4n) is 2.68. The second-order valence-electron chi connectivity index (χ2n) is 5.49. The summed E-state index contributed by atoms with van der Waals surface area (Å²) < 4.78 is 22.6. The summed E-state index contributed by atoms with van der Waals surface area (Å²) in [4.78, 5) is 12.1. The molecule has 2 N–H and O–H groups in total. The van der Waals surface area contributed by atoms with Crippen molar-refractivity contribution in [1.29, 1.82) is 0 Å². The van der Waals surface area contributed by atoms with Gasteiger partial charge in [0.05, 0.1) is 17.5 Å². The number of carbonyl (C=O) groups is 1. The van der Waals surface area contributed by atoms with E-state index in [1.54, 1.807) is 0 Å². The fourth-order valence-corrected chi connectivity index (χ4v) is 4.17. The summed E-state index contributed by atoms with van der Waals surface area (Å²) in [6.07, 6.45) is 4.17. The number of hydrogen-bond donors (Lipinski definition) is 2. The zero-order valence-electron chi connectivity index (χ0n) is 10.8. The summed E-state index contributed by atoms with van der Waals surface area (Å²) in [7, 11) is -2.85. The Labute approximate surface area is 109 Å². The third kappa shape index (κ3) is 3.68. The van der Waals surface area contributed by atoms with Gasteiger partial charge >= 0.3 is 0 Å². The number of sulfone groups is 1. The molecule has 0 spiro atoms. The maximum atomic E-state index is 12.1. The number of carbonyl (C=O) groups excluding carboxylic acids is 1. The first-order valence-electron chi connectivity index (χ1n) is 6.73. The first kappa shape index (κ1) is 13.8. The fraction of sp³-hybridized carbons (Fsp3) is 0.917. The van der Waals surface area contributed by atoms with Crippen LogP contribution in [0.15, 0.2) is 0 Å². The molecule has 6 heteroatoms. The molecule has 5 nitrogen and oxygen atoms in total. The predicted octanol–water partition coefficient (Wildman–Crippen LogP) is 0.210. The molecular weight excluding hydrogens is 252 g/mol. The van der Waals surface area contributed by atoms with Crippen LogP contribution >= 0.6 is 0 Å². The first-order chi connectivity index (χ1) is 8.46. The Morgan fingerprint density at radius 2 is 1.83 bits per heavy atom. The third-order valence-corrected chi connectivity index (χ3v) is 5.55. The topological polar surface area (TPSA) is 75.3 Å². The minimum absolute atomic E-state index is 0.0278. The minimum atomic E-state index is -2.85. The van der Waals surface area contributed by atoms with Crippen molar-refractivity contribution in [3.8, 4) is 0 Å². The van der Waals surface area contributed by atoms with Crippen molar-refractivity contribution in [1.82, 2.24) is 10.6 Å². The Hall–Kier alpha value is -0.620. The van der Waals surface area contributed by atoms with Crippen molar-refractivity contribution >= 4 is 15.7 Å². The van der Waals surface area contributed by atoms with E-state index in [-0.39, 0.29) is 29.5 Å². The zero-order valence-corrected chi connectivity index (χ0v) is 11.6. The maximum absolute atomic E-state index is 12.1.